The normalized spacial score (nSPS) is 9.88. The van der Waals surface area contributed by atoms with E-state index in [0.29, 0.717) is 9.86 Å². The van der Waals surface area contributed by atoms with Crippen molar-refractivity contribution in [1.29, 1.82) is 0 Å². The topological polar surface area (TPSA) is 77.3 Å². The third-order valence-corrected chi connectivity index (χ3v) is 3.20. The molecule has 0 amide bonds. The average Bonchev–Trinajstić information content (AvgIpc) is 2.26. The van der Waals surface area contributed by atoms with Crippen molar-refractivity contribution in [3.63, 3.8) is 0 Å². The predicted octanol–water partition coefficient (Wildman–Crippen LogP) is 2.59. The number of non-ortho nitro benzene ring substituents is 1. The van der Waals surface area contributed by atoms with E-state index in [1.807, 2.05) is 0 Å². The van der Waals surface area contributed by atoms with E-state index >= 15 is 0 Å². The zero-order valence-corrected chi connectivity index (χ0v) is 11.5. The molecular weight excluding hydrogens is 393 g/mol. The summed E-state index contributed by atoms with van der Waals surface area (Å²) in [6.07, 6.45) is 0.449. The van der Waals surface area contributed by atoms with Crippen molar-refractivity contribution in [2.24, 2.45) is 0 Å². The third kappa shape index (κ3) is 2.64. The molecule has 0 heterocycles. The number of hydrogen-bond acceptors (Lipinski definition) is 4. The van der Waals surface area contributed by atoms with E-state index in [0.717, 1.165) is 6.07 Å². The van der Waals surface area contributed by atoms with Crippen LogP contribution in [0.3, 0.4) is 0 Å². The lowest BCUT2D eigenvalue weighted by molar-refractivity contribution is -0.385. The molecule has 5 nitrogen and oxygen atoms in total. The lowest BCUT2D eigenvalue weighted by Gasteiger charge is -2.04. The largest absolute Gasteiger partial charge is 0.298 e. The second-order valence-corrected chi connectivity index (χ2v) is 4.55. The molecule has 0 aromatic heterocycles. The van der Waals surface area contributed by atoms with E-state index in [1.54, 1.807) is 22.6 Å². The van der Waals surface area contributed by atoms with Crippen LogP contribution < -0.4 is 0 Å². The molecule has 0 atom stereocenters. The van der Waals surface area contributed by atoms with Gasteiger partial charge in [0.05, 0.1) is 10.3 Å². The van der Waals surface area contributed by atoms with Gasteiger partial charge in [-0.1, -0.05) is 15.9 Å². The van der Waals surface area contributed by atoms with Gasteiger partial charge >= 0.3 is 0 Å². The van der Waals surface area contributed by atoms with E-state index in [2.05, 4.69) is 15.9 Å². The van der Waals surface area contributed by atoms with Crippen molar-refractivity contribution in [2.45, 2.75) is 0 Å². The van der Waals surface area contributed by atoms with E-state index < -0.39 is 4.92 Å². The summed E-state index contributed by atoms with van der Waals surface area (Å²) in [6.45, 7) is 0. The van der Waals surface area contributed by atoms with Gasteiger partial charge in [-0.2, -0.15) is 0 Å². The number of rotatable bonds is 4. The summed E-state index contributed by atoms with van der Waals surface area (Å²) in [5, 5.41) is 10.6. The van der Waals surface area contributed by atoms with Gasteiger partial charge in [-0.15, -0.1) is 0 Å². The zero-order valence-electron chi connectivity index (χ0n) is 7.78. The molecule has 16 heavy (non-hydrogen) atoms. The molecule has 84 valence electrons. The fourth-order valence-corrected chi connectivity index (χ4v) is 2.38. The van der Waals surface area contributed by atoms with E-state index in [1.165, 1.54) is 6.07 Å². The van der Waals surface area contributed by atoms with E-state index in [9.17, 15) is 19.7 Å². The molecule has 1 aromatic rings. The fourth-order valence-electron chi connectivity index (χ4n) is 1.17. The van der Waals surface area contributed by atoms with Gasteiger partial charge in [-0.3, -0.25) is 19.7 Å². The summed E-state index contributed by atoms with van der Waals surface area (Å²) >= 11 is 4.80. The quantitative estimate of drug-likeness (QED) is 0.195. The molecule has 7 heteroatoms. The van der Waals surface area contributed by atoms with Crippen molar-refractivity contribution >= 4 is 56.3 Å². The Morgan fingerprint density at radius 1 is 1.56 bits per heavy atom. The lowest BCUT2D eigenvalue weighted by atomic mass is 10.0. The molecule has 0 aliphatic heterocycles. The SMILES string of the molecule is O=Cc1cc([N+](=O)[O-])cc(I)c1C(=O)CBr. The van der Waals surface area contributed by atoms with Crippen molar-refractivity contribution in [3.8, 4) is 0 Å². The monoisotopic (exact) mass is 397 g/mol. The van der Waals surface area contributed by atoms with Gasteiger partial charge in [0, 0.05) is 26.8 Å². The molecular formula is C9H5BrINO4. The number of nitro groups is 1. The Kier molecular flexibility index (Phi) is 4.54. The van der Waals surface area contributed by atoms with Gasteiger partial charge in [0.25, 0.3) is 5.69 Å². The highest BCUT2D eigenvalue weighted by Crippen LogP contribution is 2.24. The Morgan fingerprint density at radius 2 is 2.19 bits per heavy atom. The van der Waals surface area contributed by atoms with Crippen LogP contribution in [-0.4, -0.2) is 22.3 Å². The van der Waals surface area contributed by atoms with Gasteiger partial charge in [0.15, 0.2) is 12.1 Å². The van der Waals surface area contributed by atoms with Crippen LogP contribution in [0.25, 0.3) is 0 Å². The zero-order chi connectivity index (χ0) is 12.3. The van der Waals surface area contributed by atoms with Gasteiger partial charge in [0.2, 0.25) is 0 Å². The summed E-state index contributed by atoms with van der Waals surface area (Å²) in [5.41, 5.74) is 0.0683. The first-order valence-electron chi connectivity index (χ1n) is 4.03. The highest BCUT2D eigenvalue weighted by Gasteiger charge is 2.19. The third-order valence-electron chi connectivity index (χ3n) is 1.84. The Balaban J connectivity index is 3.45. The molecule has 0 fully saturated rings. The van der Waals surface area contributed by atoms with E-state index in [-0.39, 0.29) is 27.9 Å². The van der Waals surface area contributed by atoms with Crippen LogP contribution in [0.2, 0.25) is 0 Å². The minimum absolute atomic E-state index is 0.0445. The molecule has 0 radical (unpaired) electrons. The molecule has 0 bridgehead atoms. The second-order valence-electron chi connectivity index (χ2n) is 2.82. The number of nitro benzene ring substituents is 1. The molecule has 0 saturated carbocycles. The molecule has 0 unspecified atom stereocenters. The minimum atomic E-state index is -0.600. The second kappa shape index (κ2) is 5.48. The maximum atomic E-state index is 11.5. The van der Waals surface area contributed by atoms with Crippen LogP contribution in [-0.2, 0) is 0 Å². The summed E-state index contributed by atoms with van der Waals surface area (Å²) in [4.78, 5) is 32.3. The summed E-state index contributed by atoms with van der Waals surface area (Å²) in [6, 6.07) is 2.37. The predicted molar refractivity (Wildman–Crippen MR) is 69.3 cm³/mol. The Morgan fingerprint density at radius 3 is 2.62 bits per heavy atom. The Labute approximate surface area is 113 Å². The van der Waals surface area contributed by atoms with Gasteiger partial charge in [-0.25, -0.2) is 0 Å². The van der Waals surface area contributed by atoms with Gasteiger partial charge < -0.3 is 0 Å². The number of halogens is 2. The smallest absolute Gasteiger partial charge is 0.271 e. The van der Waals surface area contributed by atoms with Crippen LogP contribution in [0, 0.1) is 13.7 Å². The number of alkyl halides is 1. The van der Waals surface area contributed by atoms with E-state index in [4.69, 9.17) is 0 Å². The molecule has 0 saturated heterocycles. The number of hydrogen-bond donors (Lipinski definition) is 0. The lowest BCUT2D eigenvalue weighted by Crippen LogP contribution is -2.08. The van der Waals surface area contributed by atoms with Crippen LogP contribution in [0.5, 0.6) is 0 Å². The molecule has 0 aliphatic rings. The highest BCUT2D eigenvalue weighted by atomic mass is 127. The van der Waals surface area contributed by atoms with Gasteiger partial charge in [-0.05, 0) is 22.6 Å². The molecule has 0 aliphatic carbocycles. The van der Waals surface area contributed by atoms with Crippen molar-refractivity contribution < 1.29 is 14.5 Å². The molecule has 0 N–H and O–H groups in total. The number of ketones is 1. The minimum Gasteiger partial charge on any atom is -0.298 e. The number of Topliss-reactive ketones (excluding diaryl/α,β-unsaturated/α-hetero) is 1. The summed E-state index contributed by atoms with van der Waals surface area (Å²) in [7, 11) is 0. The van der Waals surface area contributed by atoms with Crippen molar-refractivity contribution in [2.75, 3.05) is 5.33 Å². The van der Waals surface area contributed by atoms with Crippen molar-refractivity contribution in [1.82, 2.24) is 0 Å². The number of benzene rings is 1. The maximum Gasteiger partial charge on any atom is 0.271 e. The average molecular weight is 398 g/mol. The van der Waals surface area contributed by atoms with Crippen molar-refractivity contribution in [3.05, 3.63) is 36.9 Å². The van der Waals surface area contributed by atoms with Crippen LogP contribution >= 0.6 is 38.5 Å². The number of aldehydes is 1. The Hall–Kier alpha value is -0.830. The molecule has 0 spiro atoms. The number of nitrogens with zero attached hydrogens (tertiary/aromatic N) is 1. The number of carbonyl (C=O) groups excluding carboxylic acids is 2. The summed E-state index contributed by atoms with van der Waals surface area (Å²) in [5.74, 6) is -0.276. The highest BCUT2D eigenvalue weighted by molar-refractivity contribution is 14.1. The standard InChI is InChI=1S/C9H5BrINO4/c10-3-8(14)9-5(4-13)1-6(12(15)16)2-7(9)11/h1-2,4H,3H2. The number of carbonyl (C=O) groups is 2. The maximum absolute atomic E-state index is 11.5. The van der Waals surface area contributed by atoms with Crippen LogP contribution in [0.15, 0.2) is 12.1 Å². The van der Waals surface area contributed by atoms with Crippen LogP contribution in [0.4, 0.5) is 5.69 Å². The first kappa shape index (κ1) is 13.2. The fraction of sp³-hybridized carbons (Fsp3) is 0.111. The van der Waals surface area contributed by atoms with Gasteiger partial charge in [0.1, 0.15) is 0 Å². The first-order valence-corrected chi connectivity index (χ1v) is 6.23. The summed E-state index contributed by atoms with van der Waals surface area (Å²) < 4.78 is 0.401. The Bertz CT molecular complexity index is 475. The molecule has 1 aromatic carbocycles. The molecule has 1 rings (SSSR count). The van der Waals surface area contributed by atoms with Crippen LogP contribution in [0.1, 0.15) is 20.7 Å². The first-order chi connectivity index (χ1) is 7.51.